The Labute approximate surface area is 107 Å². The van der Waals surface area contributed by atoms with Crippen molar-refractivity contribution in [3.05, 3.63) is 0 Å². The van der Waals surface area contributed by atoms with Gasteiger partial charge in [0, 0.05) is 13.7 Å². The maximum atomic E-state index is 11.9. The van der Waals surface area contributed by atoms with Crippen LogP contribution < -0.4 is 0 Å². The van der Waals surface area contributed by atoms with Crippen LogP contribution in [-0.4, -0.2) is 48.7 Å². The summed E-state index contributed by atoms with van der Waals surface area (Å²) in [5.41, 5.74) is -0.562. The number of rotatable bonds is 2. The first-order valence-electron chi connectivity index (χ1n) is 5.79. The monoisotopic (exact) mass is 253 g/mol. The van der Waals surface area contributed by atoms with Crippen LogP contribution >= 0.6 is 0 Å². The van der Waals surface area contributed by atoms with Crippen LogP contribution in [0.2, 0.25) is 0 Å². The third-order valence-electron chi connectivity index (χ3n) is 2.70. The molecule has 1 heterocycles. The zero-order chi connectivity index (χ0) is 13.9. The minimum Gasteiger partial charge on any atom is -0.444 e. The first-order chi connectivity index (χ1) is 8.28. The van der Waals surface area contributed by atoms with Crippen LogP contribution in [0.15, 0.2) is 0 Å². The van der Waals surface area contributed by atoms with Crippen molar-refractivity contribution in [1.82, 2.24) is 4.90 Å². The second-order valence-electron chi connectivity index (χ2n) is 5.27. The Kier molecular flexibility index (Phi) is 4.36. The normalized spacial score (nSPS) is 23.6. The fraction of sp³-hybridized carbons (Fsp3) is 0.692. The molecule has 0 saturated carbocycles. The lowest BCUT2D eigenvalue weighted by molar-refractivity contribution is -0.119. The van der Waals surface area contributed by atoms with E-state index in [1.807, 2.05) is 0 Å². The van der Waals surface area contributed by atoms with Crippen LogP contribution in [0.3, 0.4) is 0 Å². The highest BCUT2D eigenvalue weighted by Crippen LogP contribution is 2.22. The summed E-state index contributed by atoms with van der Waals surface area (Å²) in [5, 5.41) is 0. The van der Waals surface area contributed by atoms with Crippen molar-refractivity contribution in [2.45, 2.75) is 32.5 Å². The molecule has 5 heteroatoms. The molecule has 0 aliphatic carbocycles. The van der Waals surface area contributed by atoms with Gasteiger partial charge < -0.3 is 14.4 Å². The number of methoxy groups -OCH3 is 1. The molecule has 1 rings (SSSR count). The van der Waals surface area contributed by atoms with E-state index < -0.39 is 17.6 Å². The van der Waals surface area contributed by atoms with Crippen LogP contribution in [0.1, 0.15) is 20.8 Å². The van der Waals surface area contributed by atoms with E-state index in [0.29, 0.717) is 6.54 Å². The maximum absolute atomic E-state index is 11.9. The lowest BCUT2D eigenvalue weighted by Crippen LogP contribution is -2.36. The van der Waals surface area contributed by atoms with Gasteiger partial charge in [-0.3, -0.25) is 4.79 Å². The number of hydrogen-bond donors (Lipinski definition) is 0. The van der Waals surface area contributed by atoms with Gasteiger partial charge in [0.1, 0.15) is 5.60 Å². The molecule has 100 valence electrons. The molecule has 18 heavy (non-hydrogen) atoms. The van der Waals surface area contributed by atoms with Gasteiger partial charge in [-0.2, -0.15) is 0 Å². The number of carbonyl (C=O) groups is 2. The van der Waals surface area contributed by atoms with Gasteiger partial charge in [-0.15, -0.1) is 6.42 Å². The molecule has 0 aromatic carbocycles. The number of nitrogens with zero attached hydrogens (tertiary/aromatic N) is 1. The highest BCUT2D eigenvalue weighted by molar-refractivity contribution is 5.97. The van der Waals surface area contributed by atoms with E-state index in [1.54, 1.807) is 20.8 Å². The minimum atomic E-state index is -0.562. The summed E-state index contributed by atoms with van der Waals surface area (Å²) < 4.78 is 10.4. The van der Waals surface area contributed by atoms with E-state index in [1.165, 1.54) is 12.0 Å². The lowest BCUT2D eigenvalue weighted by Gasteiger charge is -2.24. The summed E-state index contributed by atoms with van der Waals surface area (Å²) in [7, 11) is 1.50. The zero-order valence-electron chi connectivity index (χ0n) is 11.2. The van der Waals surface area contributed by atoms with Crippen LogP contribution in [0, 0.1) is 18.3 Å². The number of ketones is 1. The fourth-order valence-electron chi connectivity index (χ4n) is 1.85. The summed E-state index contributed by atoms with van der Waals surface area (Å²) in [6.45, 7) is 5.94. The Bertz CT molecular complexity index is 377. The molecule has 0 N–H and O–H groups in total. The third-order valence-corrected chi connectivity index (χ3v) is 2.70. The highest BCUT2D eigenvalue weighted by Gasteiger charge is 2.40. The summed E-state index contributed by atoms with van der Waals surface area (Å²) in [6.07, 6.45) is 4.29. The fourth-order valence-corrected chi connectivity index (χ4v) is 1.85. The molecule has 0 aromatic heterocycles. The second kappa shape index (κ2) is 5.40. The first-order valence-corrected chi connectivity index (χ1v) is 5.79. The van der Waals surface area contributed by atoms with Gasteiger partial charge in [0.2, 0.25) is 5.78 Å². The summed E-state index contributed by atoms with van der Waals surface area (Å²) >= 11 is 0. The van der Waals surface area contributed by atoms with E-state index in [0.717, 1.165) is 0 Å². The lowest BCUT2D eigenvalue weighted by atomic mass is 10.0. The molecule has 0 spiro atoms. The molecule has 0 aromatic rings. The number of Topliss-reactive ketones (excluding diaryl/α,β-unsaturated/α-hetero) is 1. The third kappa shape index (κ3) is 3.47. The van der Waals surface area contributed by atoms with Crippen molar-refractivity contribution in [2.75, 3.05) is 20.2 Å². The molecule has 1 saturated heterocycles. The molecule has 5 nitrogen and oxygen atoms in total. The Balaban J connectivity index is 2.70. The van der Waals surface area contributed by atoms with E-state index in [2.05, 4.69) is 5.92 Å². The first kappa shape index (κ1) is 14.5. The minimum absolute atomic E-state index is 0.246. The molecular formula is C13H19NO4. The molecule has 1 aliphatic rings. The average molecular weight is 253 g/mol. The Morgan fingerprint density at radius 2 is 1.94 bits per heavy atom. The molecular weight excluding hydrogens is 234 g/mol. The Morgan fingerprint density at radius 3 is 2.39 bits per heavy atom. The maximum Gasteiger partial charge on any atom is 0.410 e. The number of likely N-dealkylation sites (tertiary alicyclic amines) is 1. The largest absolute Gasteiger partial charge is 0.444 e. The van der Waals surface area contributed by atoms with Crippen molar-refractivity contribution in [2.24, 2.45) is 5.92 Å². The summed E-state index contributed by atoms with van der Waals surface area (Å²) in [4.78, 5) is 24.9. The van der Waals surface area contributed by atoms with Crippen molar-refractivity contribution >= 4 is 11.9 Å². The average Bonchev–Trinajstić information content (AvgIpc) is 2.69. The number of hydrogen-bond acceptors (Lipinski definition) is 4. The van der Waals surface area contributed by atoms with E-state index in [-0.39, 0.29) is 18.4 Å². The van der Waals surface area contributed by atoms with Crippen LogP contribution in [0.25, 0.3) is 0 Å². The molecule has 1 fully saturated rings. The number of ether oxygens (including phenoxy) is 2. The molecule has 2 atom stereocenters. The van der Waals surface area contributed by atoms with Gasteiger partial charge in [0.05, 0.1) is 18.6 Å². The Morgan fingerprint density at radius 1 is 1.33 bits per heavy atom. The smallest absolute Gasteiger partial charge is 0.410 e. The number of terminal acetylenes is 1. The molecule has 0 radical (unpaired) electrons. The number of amides is 1. The van der Waals surface area contributed by atoms with Gasteiger partial charge in [-0.05, 0) is 26.7 Å². The van der Waals surface area contributed by atoms with Crippen LogP contribution in [0.4, 0.5) is 4.79 Å². The molecule has 1 aliphatic heterocycles. The van der Waals surface area contributed by atoms with Gasteiger partial charge in [-0.25, -0.2) is 4.79 Å². The predicted octanol–water partition coefficient (Wildman–Crippen LogP) is 1.07. The van der Waals surface area contributed by atoms with Crippen LogP contribution in [-0.2, 0) is 14.3 Å². The van der Waals surface area contributed by atoms with Crippen molar-refractivity contribution in [1.29, 1.82) is 0 Å². The van der Waals surface area contributed by atoms with Crippen molar-refractivity contribution < 1.29 is 19.1 Å². The zero-order valence-corrected chi connectivity index (χ0v) is 11.2. The van der Waals surface area contributed by atoms with Gasteiger partial charge in [-0.1, -0.05) is 0 Å². The number of carbonyl (C=O) groups excluding carboxylic acids is 2. The van der Waals surface area contributed by atoms with E-state index in [9.17, 15) is 9.59 Å². The second-order valence-corrected chi connectivity index (χ2v) is 5.27. The van der Waals surface area contributed by atoms with Gasteiger partial charge in [0.15, 0.2) is 0 Å². The quantitative estimate of drug-likeness (QED) is 0.545. The Hall–Kier alpha value is -1.54. The van der Waals surface area contributed by atoms with Crippen molar-refractivity contribution in [3.8, 4) is 12.3 Å². The van der Waals surface area contributed by atoms with E-state index in [4.69, 9.17) is 15.9 Å². The molecule has 2 unspecified atom stereocenters. The van der Waals surface area contributed by atoms with Gasteiger partial charge >= 0.3 is 6.09 Å². The molecule has 1 amide bonds. The van der Waals surface area contributed by atoms with Crippen molar-refractivity contribution in [3.63, 3.8) is 0 Å². The predicted molar refractivity (Wildman–Crippen MR) is 65.9 cm³/mol. The SMILES string of the molecule is C#CC(=O)C1CN(C(=O)OC(C)(C)C)CC1OC. The summed E-state index contributed by atoms with van der Waals surface area (Å²) in [5.74, 6) is 1.28. The highest BCUT2D eigenvalue weighted by atomic mass is 16.6. The van der Waals surface area contributed by atoms with Crippen LogP contribution in [0.5, 0.6) is 0 Å². The van der Waals surface area contributed by atoms with Gasteiger partial charge in [0.25, 0.3) is 0 Å². The topological polar surface area (TPSA) is 55.8 Å². The standard InChI is InChI=1S/C13H19NO4/c1-6-10(15)9-7-14(8-11(9)17-5)12(16)18-13(2,3)4/h1,9,11H,7-8H2,2-5H3. The summed E-state index contributed by atoms with van der Waals surface area (Å²) in [6, 6.07) is 0. The van der Waals surface area contributed by atoms with E-state index >= 15 is 0 Å². The molecule has 0 bridgehead atoms.